The molecule has 0 aliphatic rings. The van der Waals surface area contributed by atoms with Crippen LogP contribution < -0.4 is 0 Å². The molecule has 0 heterocycles. The van der Waals surface area contributed by atoms with Crippen LogP contribution in [-0.2, 0) is 4.79 Å². The van der Waals surface area contributed by atoms with Gasteiger partial charge >= 0.3 is 0 Å². The fourth-order valence-corrected chi connectivity index (χ4v) is 1.93. The molecule has 0 atom stereocenters. The van der Waals surface area contributed by atoms with E-state index in [1.807, 2.05) is 18.7 Å². The molecule has 4 heteroatoms. The fourth-order valence-electron chi connectivity index (χ4n) is 1.08. The van der Waals surface area contributed by atoms with E-state index in [9.17, 15) is 4.79 Å². The molecule has 0 rings (SSSR count). The van der Waals surface area contributed by atoms with Gasteiger partial charge in [-0.3, -0.25) is 4.79 Å². The highest BCUT2D eigenvalue weighted by atomic mass is 32.2. The number of hydrogen-bond donors (Lipinski definition) is 0. The zero-order valence-electron chi connectivity index (χ0n) is 8.95. The topological polar surface area (TPSA) is 44.1 Å². The molecule has 0 aromatic carbocycles. The second-order valence-electron chi connectivity index (χ2n) is 2.88. The molecule has 0 aliphatic carbocycles. The van der Waals surface area contributed by atoms with Crippen molar-refractivity contribution in [2.75, 3.05) is 24.6 Å². The molecule has 3 nitrogen and oxygen atoms in total. The van der Waals surface area contributed by atoms with Crippen molar-refractivity contribution in [3.8, 4) is 6.07 Å². The van der Waals surface area contributed by atoms with Gasteiger partial charge in [0.2, 0.25) is 5.91 Å². The minimum atomic E-state index is 0.206. The molecule has 0 saturated carbocycles. The molecule has 0 aromatic heterocycles. The van der Waals surface area contributed by atoms with E-state index in [-0.39, 0.29) is 5.91 Å². The number of nitrogens with zero attached hydrogens (tertiary/aromatic N) is 2. The molecule has 0 fully saturated rings. The quantitative estimate of drug-likeness (QED) is 0.608. The number of nitriles is 1. The maximum Gasteiger partial charge on any atom is 0.232 e. The van der Waals surface area contributed by atoms with Crippen molar-refractivity contribution >= 4 is 17.7 Å². The molecule has 0 unspecified atom stereocenters. The molecule has 0 saturated heterocycles. The Kier molecular flexibility index (Phi) is 8.45. The number of rotatable bonds is 7. The van der Waals surface area contributed by atoms with Crippen LogP contribution >= 0.6 is 11.8 Å². The first-order chi connectivity index (χ1) is 6.76. The van der Waals surface area contributed by atoms with Crippen LogP contribution in [0.2, 0.25) is 0 Å². The Balaban J connectivity index is 3.48. The lowest BCUT2D eigenvalue weighted by Gasteiger charge is -2.17. The molecule has 0 N–H and O–H groups in total. The highest BCUT2D eigenvalue weighted by molar-refractivity contribution is 7.99. The van der Waals surface area contributed by atoms with Gasteiger partial charge in [-0.1, -0.05) is 0 Å². The monoisotopic (exact) mass is 214 g/mol. The minimum absolute atomic E-state index is 0.206. The summed E-state index contributed by atoms with van der Waals surface area (Å²) >= 11 is 1.62. The predicted molar refractivity (Wildman–Crippen MR) is 60.1 cm³/mol. The van der Waals surface area contributed by atoms with Crippen LogP contribution in [0.5, 0.6) is 0 Å². The van der Waals surface area contributed by atoms with Crippen molar-refractivity contribution in [3.05, 3.63) is 0 Å². The first-order valence-corrected chi connectivity index (χ1v) is 6.14. The smallest absolute Gasteiger partial charge is 0.232 e. The van der Waals surface area contributed by atoms with Crippen molar-refractivity contribution in [2.45, 2.75) is 26.7 Å². The van der Waals surface area contributed by atoms with Crippen molar-refractivity contribution in [2.24, 2.45) is 0 Å². The lowest BCUT2D eigenvalue weighted by molar-refractivity contribution is -0.127. The first kappa shape index (κ1) is 13.3. The molecular weight excluding hydrogens is 196 g/mol. The minimum Gasteiger partial charge on any atom is -0.343 e. The van der Waals surface area contributed by atoms with Crippen LogP contribution in [0.15, 0.2) is 0 Å². The van der Waals surface area contributed by atoms with Gasteiger partial charge in [0.25, 0.3) is 0 Å². The third-order valence-electron chi connectivity index (χ3n) is 1.92. The van der Waals surface area contributed by atoms with Gasteiger partial charge in [-0.2, -0.15) is 17.0 Å². The molecule has 0 bridgehead atoms. The highest BCUT2D eigenvalue weighted by Gasteiger charge is 2.08. The summed E-state index contributed by atoms with van der Waals surface area (Å²) in [6.07, 6.45) is 1.47. The van der Waals surface area contributed by atoms with Gasteiger partial charge in [-0.15, -0.1) is 0 Å². The summed E-state index contributed by atoms with van der Waals surface area (Å²) in [4.78, 5) is 13.3. The van der Waals surface area contributed by atoms with Crippen molar-refractivity contribution in [1.29, 1.82) is 5.26 Å². The maximum atomic E-state index is 11.5. The number of carbonyl (C=O) groups excluding carboxylic acids is 1. The summed E-state index contributed by atoms with van der Waals surface area (Å²) in [5.41, 5.74) is 0. The average Bonchev–Trinajstić information content (AvgIpc) is 2.19. The van der Waals surface area contributed by atoms with E-state index in [0.29, 0.717) is 12.2 Å². The summed E-state index contributed by atoms with van der Waals surface area (Å²) < 4.78 is 0. The molecular formula is C10H18N2OS. The van der Waals surface area contributed by atoms with Crippen molar-refractivity contribution in [1.82, 2.24) is 4.90 Å². The fraction of sp³-hybridized carbons (Fsp3) is 0.800. The SMILES string of the molecule is CCN(CC)C(=O)CSCCCC#N. The zero-order chi connectivity index (χ0) is 10.8. The van der Waals surface area contributed by atoms with Crippen LogP contribution in [0, 0.1) is 11.3 Å². The van der Waals surface area contributed by atoms with Gasteiger partial charge in [0.1, 0.15) is 0 Å². The van der Waals surface area contributed by atoms with E-state index in [2.05, 4.69) is 6.07 Å². The third kappa shape index (κ3) is 5.87. The van der Waals surface area contributed by atoms with Crippen LogP contribution in [-0.4, -0.2) is 35.4 Å². The van der Waals surface area contributed by atoms with Crippen LogP contribution in [0.3, 0.4) is 0 Å². The van der Waals surface area contributed by atoms with Gasteiger partial charge in [-0.05, 0) is 26.0 Å². The van der Waals surface area contributed by atoms with E-state index in [4.69, 9.17) is 5.26 Å². The first-order valence-electron chi connectivity index (χ1n) is 4.98. The summed E-state index contributed by atoms with van der Waals surface area (Å²) in [5.74, 6) is 1.66. The van der Waals surface area contributed by atoms with Gasteiger partial charge in [-0.25, -0.2) is 0 Å². The summed E-state index contributed by atoms with van der Waals surface area (Å²) in [6.45, 7) is 5.55. The standard InChI is InChI=1S/C10H18N2OS/c1-3-12(4-2)10(13)9-14-8-6-5-7-11/h3-6,8-9H2,1-2H3. The summed E-state index contributed by atoms with van der Waals surface area (Å²) in [6, 6.07) is 2.09. The Hall–Kier alpha value is -0.690. The molecule has 0 aromatic rings. The number of amides is 1. The highest BCUT2D eigenvalue weighted by Crippen LogP contribution is 2.05. The van der Waals surface area contributed by atoms with Crippen molar-refractivity contribution < 1.29 is 4.79 Å². The average molecular weight is 214 g/mol. The van der Waals surface area contributed by atoms with Gasteiger partial charge in [0, 0.05) is 19.5 Å². The van der Waals surface area contributed by atoms with E-state index < -0.39 is 0 Å². The molecule has 0 radical (unpaired) electrons. The number of hydrogen-bond acceptors (Lipinski definition) is 3. The Morgan fingerprint density at radius 1 is 1.43 bits per heavy atom. The zero-order valence-corrected chi connectivity index (χ0v) is 9.77. The van der Waals surface area contributed by atoms with Crippen molar-refractivity contribution in [3.63, 3.8) is 0 Å². The third-order valence-corrected chi connectivity index (χ3v) is 2.95. The Morgan fingerprint density at radius 2 is 2.07 bits per heavy atom. The normalized spacial score (nSPS) is 9.50. The Morgan fingerprint density at radius 3 is 2.57 bits per heavy atom. The van der Waals surface area contributed by atoms with E-state index >= 15 is 0 Å². The summed E-state index contributed by atoms with van der Waals surface area (Å²) in [5, 5.41) is 8.30. The predicted octanol–water partition coefficient (Wildman–Crippen LogP) is 1.89. The van der Waals surface area contributed by atoms with Gasteiger partial charge < -0.3 is 4.90 Å². The molecule has 80 valence electrons. The molecule has 1 amide bonds. The van der Waals surface area contributed by atoms with Crippen LogP contribution in [0.1, 0.15) is 26.7 Å². The van der Waals surface area contributed by atoms with Gasteiger partial charge in [0.15, 0.2) is 0 Å². The second-order valence-corrected chi connectivity index (χ2v) is 3.99. The molecule has 14 heavy (non-hydrogen) atoms. The second kappa shape index (κ2) is 8.89. The Bertz CT molecular complexity index is 197. The van der Waals surface area contributed by atoms with E-state index in [0.717, 1.165) is 25.3 Å². The maximum absolute atomic E-state index is 11.5. The van der Waals surface area contributed by atoms with E-state index in [1.54, 1.807) is 11.8 Å². The molecule has 0 spiro atoms. The largest absolute Gasteiger partial charge is 0.343 e. The van der Waals surface area contributed by atoms with E-state index in [1.165, 1.54) is 0 Å². The number of carbonyl (C=O) groups is 1. The summed E-state index contributed by atoms with van der Waals surface area (Å²) in [7, 11) is 0. The lowest BCUT2D eigenvalue weighted by atomic mass is 10.4. The number of unbranched alkanes of at least 4 members (excludes halogenated alkanes) is 1. The van der Waals surface area contributed by atoms with Crippen LogP contribution in [0.25, 0.3) is 0 Å². The Labute approximate surface area is 90.5 Å². The van der Waals surface area contributed by atoms with Crippen LogP contribution in [0.4, 0.5) is 0 Å². The van der Waals surface area contributed by atoms with Gasteiger partial charge in [0.05, 0.1) is 11.8 Å². The lowest BCUT2D eigenvalue weighted by Crippen LogP contribution is -2.31. The number of thioether (sulfide) groups is 1. The molecule has 0 aliphatic heterocycles.